The molecule has 0 aliphatic rings. The van der Waals surface area contributed by atoms with Gasteiger partial charge >= 0.3 is 6.09 Å². The molecule has 2 N–H and O–H groups in total. The van der Waals surface area contributed by atoms with Crippen LogP contribution in [0.2, 0.25) is 0 Å². The van der Waals surface area contributed by atoms with Crippen molar-refractivity contribution in [3.05, 3.63) is 0 Å². The third kappa shape index (κ3) is 9.28. The molecule has 1 amide bonds. The Labute approximate surface area is 112 Å². The quantitative estimate of drug-likeness (QED) is 0.612. The first-order chi connectivity index (χ1) is 8.61. The van der Waals surface area contributed by atoms with Crippen LogP contribution in [0.5, 0.6) is 0 Å². The summed E-state index contributed by atoms with van der Waals surface area (Å²) < 4.78 is 5.19. The van der Waals surface area contributed by atoms with Crippen LogP contribution >= 0.6 is 0 Å². The zero-order valence-electron chi connectivity index (χ0n) is 12.3. The molecule has 18 heavy (non-hydrogen) atoms. The fourth-order valence-corrected chi connectivity index (χ4v) is 1.81. The first kappa shape index (κ1) is 17.2. The average Bonchev–Trinajstić information content (AvgIpc) is 2.31. The molecule has 0 rings (SSSR count). The second-order valence-electron chi connectivity index (χ2n) is 4.92. The molecule has 0 atom stereocenters. The van der Waals surface area contributed by atoms with Crippen LogP contribution in [0.1, 0.15) is 59.3 Å². The van der Waals surface area contributed by atoms with Crippen molar-refractivity contribution in [1.82, 2.24) is 4.90 Å². The Morgan fingerprint density at radius 2 is 1.67 bits per heavy atom. The number of ether oxygens (including phenoxy) is 1. The number of carbonyl (C=O) groups is 1. The number of carbonyl (C=O) groups excluding carboxylic acids is 1. The Morgan fingerprint density at radius 1 is 1.11 bits per heavy atom. The molecule has 108 valence electrons. The Morgan fingerprint density at radius 3 is 2.17 bits per heavy atom. The van der Waals surface area contributed by atoms with Gasteiger partial charge in [-0.15, -0.1) is 0 Å². The molecule has 0 heterocycles. The van der Waals surface area contributed by atoms with Crippen LogP contribution < -0.4 is 5.73 Å². The van der Waals surface area contributed by atoms with Crippen LogP contribution in [0.4, 0.5) is 4.79 Å². The van der Waals surface area contributed by atoms with E-state index in [0.717, 1.165) is 32.5 Å². The predicted octanol–water partition coefficient (Wildman–Crippen LogP) is 3.15. The van der Waals surface area contributed by atoms with E-state index in [4.69, 9.17) is 10.5 Å². The Kier molecular flexibility index (Phi) is 10.8. The number of rotatable bonds is 10. The summed E-state index contributed by atoms with van der Waals surface area (Å²) in [5, 5.41) is 0. The van der Waals surface area contributed by atoms with Crippen LogP contribution in [-0.2, 0) is 4.74 Å². The van der Waals surface area contributed by atoms with E-state index in [1.165, 1.54) is 25.7 Å². The van der Waals surface area contributed by atoms with Crippen LogP contribution in [0.3, 0.4) is 0 Å². The maximum absolute atomic E-state index is 11.7. The summed E-state index contributed by atoms with van der Waals surface area (Å²) in [6.07, 6.45) is 6.85. The van der Waals surface area contributed by atoms with Crippen molar-refractivity contribution in [3.8, 4) is 0 Å². The molecular weight excluding hydrogens is 228 g/mol. The molecule has 0 saturated carbocycles. The minimum Gasteiger partial charge on any atom is -0.447 e. The second kappa shape index (κ2) is 11.3. The van der Waals surface area contributed by atoms with Crippen molar-refractivity contribution in [2.24, 2.45) is 5.73 Å². The first-order valence-electron chi connectivity index (χ1n) is 7.27. The monoisotopic (exact) mass is 258 g/mol. The van der Waals surface area contributed by atoms with Crippen molar-refractivity contribution in [2.75, 3.05) is 19.6 Å². The van der Waals surface area contributed by atoms with Crippen LogP contribution in [0.25, 0.3) is 0 Å². The van der Waals surface area contributed by atoms with Crippen molar-refractivity contribution in [2.45, 2.75) is 65.4 Å². The highest BCUT2D eigenvalue weighted by molar-refractivity contribution is 5.67. The zero-order valence-corrected chi connectivity index (χ0v) is 12.3. The first-order valence-corrected chi connectivity index (χ1v) is 7.27. The number of amides is 1. The summed E-state index contributed by atoms with van der Waals surface area (Å²) in [6.45, 7) is 8.07. The van der Waals surface area contributed by atoms with Crippen molar-refractivity contribution >= 4 is 6.09 Å². The van der Waals surface area contributed by atoms with E-state index in [1.807, 2.05) is 20.8 Å². The second-order valence-corrected chi connectivity index (χ2v) is 4.92. The van der Waals surface area contributed by atoms with Crippen LogP contribution in [-0.4, -0.2) is 36.7 Å². The van der Waals surface area contributed by atoms with Crippen LogP contribution in [0, 0.1) is 0 Å². The lowest BCUT2D eigenvalue weighted by molar-refractivity contribution is 0.0778. The van der Waals surface area contributed by atoms with Crippen molar-refractivity contribution in [1.29, 1.82) is 0 Å². The van der Waals surface area contributed by atoms with Gasteiger partial charge in [0.25, 0.3) is 0 Å². The molecule has 0 bridgehead atoms. The molecule has 0 aromatic heterocycles. The summed E-state index contributed by atoms with van der Waals surface area (Å²) in [4.78, 5) is 13.5. The zero-order chi connectivity index (χ0) is 13.8. The Balaban J connectivity index is 3.58. The number of hydrogen-bond donors (Lipinski definition) is 1. The molecule has 0 aliphatic carbocycles. The number of nitrogens with two attached hydrogens (primary N) is 1. The Bertz CT molecular complexity index is 208. The van der Waals surface area contributed by atoms with Gasteiger partial charge in [-0.05, 0) is 40.2 Å². The molecule has 0 aromatic rings. The molecule has 0 unspecified atom stereocenters. The largest absolute Gasteiger partial charge is 0.447 e. The van der Waals surface area contributed by atoms with Gasteiger partial charge in [0.15, 0.2) is 0 Å². The molecular formula is C14H30N2O2. The lowest BCUT2D eigenvalue weighted by atomic mass is 10.1. The summed E-state index contributed by atoms with van der Waals surface area (Å²) in [5.74, 6) is 0. The maximum atomic E-state index is 11.7. The maximum Gasteiger partial charge on any atom is 0.409 e. The van der Waals surface area contributed by atoms with Gasteiger partial charge in [0.1, 0.15) is 0 Å². The summed E-state index contributed by atoms with van der Waals surface area (Å²) in [6, 6.07) is 0. The van der Waals surface area contributed by atoms with E-state index >= 15 is 0 Å². The summed E-state index contributed by atoms with van der Waals surface area (Å²) in [5.41, 5.74) is 5.44. The minimum atomic E-state index is -0.185. The lowest BCUT2D eigenvalue weighted by Gasteiger charge is -2.21. The smallest absolute Gasteiger partial charge is 0.409 e. The molecule has 0 saturated heterocycles. The molecule has 4 nitrogen and oxygen atoms in total. The van der Waals surface area contributed by atoms with E-state index in [2.05, 4.69) is 0 Å². The Hall–Kier alpha value is -0.770. The fourth-order valence-electron chi connectivity index (χ4n) is 1.81. The number of unbranched alkanes of at least 4 members (excludes halogenated alkanes) is 5. The highest BCUT2D eigenvalue weighted by atomic mass is 16.6. The van der Waals surface area contributed by atoms with Gasteiger partial charge in [0.2, 0.25) is 0 Å². The minimum absolute atomic E-state index is 0.0391. The van der Waals surface area contributed by atoms with Gasteiger partial charge in [-0.2, -0.15) is 0 Å². The average molecular weight is 258 g/mol. The lowest BCUT2D eigenvalue weighted by Crippen LogP contribution is -2.33. The van der Waals surface area contributed by atoms with E-state index in [9.17, 15) is 4.79 Å². The standard InChI is InChI=1S/C14H30N2O2/c1-4-16(14(17)18-13(2)3)12-10-8-6-5-7-9-11-15/h13H,4-12,15H2,1-3H3. The van der Waals surface area contributed by atoms with Crippen molar-refractivity contribution < 1.29 is 9.53 Å². The van der Waals surface area contributed by atoms with Gasteiger partial charge in [0, 0.05) is 13.1 Å². The van der Waals surface area contributed by atoms with Crippen LogP contribution in [0.15, 0.2) is 0 Å². The third-order valence-electron chi connectivity index (χ3n) is 2.86. The highest BCUT2D eigenvalue weighted by Crippen LogP contribution is 2.07. The number of hydrogen-bond acceptors (Lipinski definition) is 3. The molecule has 0 fully saturated rings. The summed E-state index contributed by atoms with van der Waals surface area (Å²) in [7, 11) is 0. The number of nitrogens with zero attached hydrogens (tertiary/aromatic N) is 1. The summed E-state index contributed by atoms with van der Waals surface area (Å²) >= 11 is 0. The van der Waals surface area contributed by atoms with E-state index in [-0.39, 0.29) is 12.2 Å². The highest BCUT2D eigenvalue weighted by Gasteiger charge is 2.13. The van der Waals surface area contributed by atoms with Gasteiger partial charge in [-0.1, -0.05) is 25.7 Å². The molecule has 0 aromatic carbocycles. The molecule has 0 radical (unpaired) electrons. The topological polar surface area (TPSA) is 55.6 Å². The SMILES string of the molecule is CCN(CCCCCCCCN)C(=O)OC(C)C. The van der Waals surface area contributed by atoms with Gasteiger partial charge in [0.05, 0.1) is 6.10 Å². The van der Waals surface area contributed by atoms with E-state index in [0.29, 0.717) is 0 Å². The normalized spacial score (nSPS) is 10.7. The molecule has 0 aliphatic heterocycles. The van der Waals surface area contributed by atoms with Gasteiger partial charge in [-0.3, -0.25) is 0 Å². The van der Waals surface area contributed by atoms with Crippen molar-refractivity contribution in [3.63, 3.8) is 0 Å². The molecule has 0 spiro atoms. The third-order valence-corrected chi connectivity index (χ3v) is 2.86. The van der Waals surface area contributed by atoms with Gasteiger partial charge < -0.3 is 15.4 Å². The fraction of sp³-hybridized carbons (Fsp3) is 0.929. The van der Waals surface area contributed by atoms with E-state index in [1.54, 1.807) is 4.90 Å². The van der Waals surface area contributed by atoms with E-state index < -0.39 is 0 Å². The van der Waals surface area contributed by atoms with Gasteiger partial charge in [-0.25, -0.2) is 4.79 Å². The molecule has 4 heteroatoms. The predicted molar refractivity (Wildman–Crippen MR) is 75.6 cm³/mol.